The van der Waals surface area contributed by atoms with Crippen LogP contribution in [0.25, 0.3) is 0 Å². The topological polar surface area (TPSA) is 68.0 Å². The van der Waals surface area contributed by atoms with Gasteiger partial charge in [0.2, 0.25) is 5.91 Å². The molecular weight excluding hydrogens is 226 g/mol. The van der Waals surface area contributed by atoms with Crippen molar-refractivity contribution in [2.75, 3.05) is 5.32 Å². The number of hydrogen-bond acceptors (Lipinski definition) is 3. The summed E-state index contributed by atoms with van der Waals surface area (Å²) >= 11 is 5.72. The molecule has 0 spiro atoms. The van der Waals surface area contributed by atoms with Crippen molar-refractivity contribution < 1.29 is 4.79 Å². The van der Waals surface area contributed by atoms with Crippen molar-refractivity contribution in [2.45, 2.75) is 25.3 Å². The molecule has 1 heterocycles. The number of nitrogens with zero attached hydrogens (tertiary/aromatic N) is 1. The highest BCUT2D eigenvalue weighted by Crippen LogP contribution is 2.38. The van der Waals surface area contributed by atoms with E-state index in [0.29, 0.717) is 11.0 Å². The Bertz CT molecular complexity index is 415. The van der Waals surface area contributed by atoms with Crippen LogP contribution in [0, 0.1) is 5.92 Å². The number of carbonyl (C=O) groups is 1. The number of nitrogens with one attached hydrogen (secondary N) is 1. The molecule has 1 aromatic heterocycles. The van der Waals surface area contributed by atoms with E-state index in [2.05, 4.69) is 10.3 Å². The van der Waals surface area contributed by atoms with Crippen LogP contribution < -0.4 is 11.1 Å². The number of pyridine rings is 1. The van der Waals surface area contributed by atoms with Gasteiger partial charge in [-0.2, -0.15) is 0 Å². The lowest BCUT2D eigenvalue weighted by atomic mass is 9.96. The zero-order chi connectivity index (χ0) is 11.8. The first-order chi connectivity index (χ1) is 7.50. The van der Waals surface area contributed by atoms with Gasteiger partial charge in [0.25, 0.3) is 0 Å². The van der Waals surface area contributed by atoms with Gasteiger partial charge in [-0.3, -0.25) is 4.79 Å². The molecule has 16 heavy (non-hydrogen) atoms. The molecule has 2 rings (SSSR count). The maximum absolute atomic E-state index is 11.9. The summed E-state index contributed by atoms with van der Waals surface area (Å²) in [5.41, 5.74) is 5.16. The van der Waals surface area contributed by atoms with Crippen molar-refractivity contribution in [3.8, 4) is 0 Å². The van der Waals surface area contributed by atoms with E-state index in [-0.39, 0.29) is 11.8 Å². The van der Waals surface area contributed by atoms with Gasteiger partial charge in [-0.25, -0.2) is 4.98 Å². The molecule has 0 saturated heterocycles. The molecule has 1 atom stereocenters. The summed E-state index contributed by atoms with van der Waals surface area (Å²) in [4.78, 5) is 15.9. The van der Waals surface area contributed by atoms with Gasteiger partial charge in [-0.1, -0.05) is 17.7 Å². The molecule has 3 N–H and O–H groups in total. The monoisotopic (exact) mass is 239 g/mol. The van der Waals surface area contributed by atoms with E-state index in [1.54, 1.807) is 25.1 Å². The fraction of sp³-hybridized carbons (Fsp3) is 0.455. The number of rotatable bonds is 3. The molecule has 1 fully saturated rings. The summed E-state index contributed by atoms with van der Waals surface area (Å²) in [6.45, 7) is 1.75. The Labute approximate surface area is 99.2 Å². The minimum Gasteiger partial charge on any atom is -0.317 e. The Morgan fingerprint density at radius 3 is 2.88 bits per heavy atom. The maximum Gasteiger partial charge on any atom is 0.245 e. The number of halogens is 1. The molecule has 1 aromatic rings. The highest BCUT2D eigenvalue weighted by atomic mass is 35.5. The fourth-order valence-corrected chi connectivity index (χ4v) is 1.76. The third kappa shape index (κ3) is 2.33. The van der Waals surface area contributed by atoms with E-state index < -0.39 is 5.54 Å². The second kappa shape index (κ2) is 4.03. The normalized spacial score (nSPS) is 18.9. The zero-order valence-electron chi connectivity index (χ0n) is 9.03. The average Bonchev–Trinajstić information content (AvgIpc) is 3.00. The SMILES string of the molecule is CC(N)(C(=O)Nc1cccc(Cl)n1)C1CC1. The van der Waals surface area contributed by atoms with Crippen LogP contribution in [0.2, 0.25) is 5.15 Å². The molecule has 1 aliphatic rings. The Morgan fingerprint density at radius 2 is 2.31 bits per heavy atom. The first-order valence-corrected chi connectivity index (χ1v) is 5.61. The predicted octanol–water partition coefficient (Wildman–Crippen LogP) is 1.80. The van der Waals surface area contributed by atoms with Gasteiger partial charge in [-0.05, 0) is 37.8 Å². The summed E-state index contributed by atoms with van der Waals surface area (Å²) in [7, 11) is 0. The summed E-state index contributed by atoms with van der Waals surface area (Å²) in [5.74, 6) is 0.520. The fourth-order valence-electron chi connectivity index (χ4n) is 1.60. The highest BCUT2D eigenvalue weighted by Gasteiger charge is 2.44. The molecular formula is C11H14ClN3O. The first-order valence-electron chi connectivity index (χ1n) is 5.23. The number of hydrogen-bond donors (Lipinski definition) is 2. The Morgan fingerprint density at radius 1 is 1.62 bits per heavy atom. The Kier molecular flexibility index (Phi) is 2.86. The number of anilines is 1. The van der Waals surface area contributed by atoms with Crippen LogP contribution in [0.5, 0.6) is 0 Å². The van der Waals surface area contributed by atoms with E-state index in [1.807, 2.05) is 0 Å². The highest BCUT2D eigenvalue weighted by molar-refractivity contribution is 6.29. The third-order valence-corrected chi connectivity index (χ3v) is 3.08. The van der Waals surface area contributed by atoms with Crippen LogP contribution in [0.15, 0.2) is 18.2 Å². The molecule has 1 unspecified atom stereocenters. The van der Waals surface area contributed by atoms with Gasteiger partial charge in [0.15, 0.2) is 0 Å². The number of amides is 1. The molecule has 4 nitrogen and oxygen atoms in total. The average molecular weight is 240 g/mol. The second-order valence-electron chi connectivity index (χ2n) is 4.36. The van der Waals surface area contributed by atoms with Crippen LogP contribution in [-0.4, -0.2) is 16.4 Å². The standard InChI is InChI=1S/C11H14ClN3O/c1-11(13,7-5-6-7)10(16)15-9-4-2-3-8(12)14-9/h2-4,7H,5-6,13H2,1H3,(H,14,15,16). The van der Waals surface area contributed by atoms with Crippen molar-refractivity contribution in [2.24, 2.45) is 11.7 Å². The van der Waals surface area contributed by atoms with Crippen LogP contribution in [0.3, 0.4) is 0 Å². The van der Waals surface area contributed by atoms with Gasteiger partial charge in [0, 0.05) is 0 Å². The van der Waals surface area contributed by atoms with Crippen molar-refractivity contribution in [1.82, 2.24) is 4.98 Å². The molecule has 0 bridgehead atoms. The quantitative estimate of drug-likeness (QED) is 0.791. The molecule has 0 radical (unpaired) electrons. The van der Waals surface area contributed by atoms with Crippen LogP contribution >= 0.6 is 11.6 Å². The molecule has 0 aliphatic heterocycles. The molecule has 86 valence electrons. The van der Waals surface area contributed by atoms with E-state index >= 15 is 0 Å². The lowest BCUT2D eigenvalue weighted by molar-refractivity contribution is -0.121. The van der Waals surface area contributed by atoms with E-state index in [4.69, 9.17) is 17.3 Å². The Balaban J connectivity index is 2.07. The minimum atomic E-state index is -0.815. The van der Waals surface area contributed by atoms with E-state index in [0.717, 1.165) is 12.8 Å². The zero-order valence-corrected chi connectivity index (χ0v) is 9.79. The molecule has 1 aliphatic carbocycles. The van der Waals surface area contributed by atoms with Crippen LogP contribution in [0.4, 0.5) is 5.82 Å². The number of nitrogens with two attached hydrogens (primary N) is 1. The lowest BCUT2D eigenvalue weighted by Gasteiger charge is -2.22. The number of carbonyl (C=O) groups excluding carboxylic acids is 1. The van der Waals surface area contributed by atoms with Crippen molar-refractivity contribution in [3.05, 3.63) is 23.4 Å². The van der Waals surface area contributed by atoms with Gasteiger partial charge in [0.05, 0.1) is 5.54 Å². The van der Waals surface area contributed by atoms with Crippen molar-refractivity contribution in [1.29, 1.82) is 0 Å². The first kappa shape index (κ1) is 11.4. The summed E-state index contributed by atoms with van der Waals surface area (Å²) < 4.78 is 0. The lowest BCUT2D eigenvalue weighted by Crippen LogP contribution is -2.50. The maximum atomic E-state index is 11.9. The smallest absolute Gasteiger partial charge is 0.245 e. The third-order valence-electron chi connectivity index (χ3n) is 2.87. The largest absolute Gasteiger partial charge is 0.317 e. The van der Waals surface area contributed by atoms with Gasteiger partial charge in [0.1, 0.15) is 11.0 Å². The predicted molar refractivity (Wildman–Crippen MR) is 63.2 cm³/mol. The van der Waals surface area contributed by atoms with E-state index in [9.17, 15) is 4.79 Å². The van der Waals surface area contributed by atoms with Gasteiger partial charge in [-0.15, -0.1) is 0 Å². The van der Waals surface area contributed by atoms with Crippen LogP contribution in [-0.2, 0) is 4.79 Å². The molecule has 1 amide bonds. The molecule has 1 saturated carbocycles. The second-order valence-corrected chi connectivity index (χ2v) is 4.74. The van der Waals surface area contributed by atoms with Crippen LogP contribution in [0.1, 0.15) is 19.8 Å². The van der Waals surface area contributed by atoms with E-state index in [1.165, 1.54) is 0 Å². The van der Waals surface area contributed by atoms with Gasteiger partial charge >= 0.3 is 0 Å². The van der Waals surface area contributed by atoms with Crippen molar-refractivity contribution in [3.63, 3.8) is 0 Å². The van der Waals surface area contributed by atoms with Gasteiger partial charge < -0.3 is 11.1 Å². The Hall–Kier alpha value is -1.13. The number of aromatic nitrogens is 1. The van der Waals surface area contributed by atoms with Crippen molar-refractivity contribution >= 4 is 23.3 Å². The minimum absolute atomic E-state index is 0.204. The summed E-state index contributed by atoms with van der Waals surface area (Å²) in [5, 5.41) is 3.03. The molecule has 5 heteroatoms. The molecule has 0 aromatic carbocycles. The summed E-state index contributed by atoms with van der Waals surface area (Å²) in [6, 6.07) is 5.07. The summed E-state index contributed by atoms with van der Waals surface area (Å²) in [6.07, 6.45) is 2.03.